The first kappa shape index (κ1) is 13.4. The Bertz CT molecular complexity index is 150. The lowest BCUT2D eigenvalue weighted by Crippen LogP contribution is -2.25. The zero-order valence-corrected chi connectivity index (χ0v) is 9.41. The van der Waals surface area contributed by atoms with Crippen molar-refractivity contribution in [2.24, 2.45) is 0 Å². The van der Waals surface area contributed by atoms with Gasteiger partial charge in [-0.15, -0.1) is 0 Å². The summed E-state index contributed by atoms with van der Waals surface area (Å²) in [6.07, 6.45) is 1.13. The molecule has 0 bridgehead atoms. The predicted octanol–water partition coefficient (Wildman–Crippen LogP) is 0.908. The Balaban J connectivity index is 3.24. The molecule has 14 heavy (non-hydrogen) atoms. The number of carbonyl (C=O) groups is 1. The summed E-state index contributed by atoms with van der Waals surface area (Å²) in [5.41, 5.74) is 0. The summed E-state index contributed by atoms with van der Waals surface area (Å²) in [7, 11) is 2.04. The van der Waals surface area contributed by atoms with E-state index in [1.54, 1.807) is 6.92 Å². The lowest BCUT2D eigenvalue weighted by molar-refractivity contribution is -0.148. The lowest BCUT2D eigenvalue weighted by Gasteiger charge is -2.14. The van der Waals surface area contributed by atoms with Crippen LogP contribution < -0.4 is 0 Å². The molecule has 0 N–H and O–H groups in total. The van der Waals surface area contributed by atoms with Gasteiger partial charge in [0.1, 0.15) is 6.61 Å². The molecule has 0 saturated heterocycles. The van der Waals surface area contributed by atoms with Crippen molar-refractivity contribution in [3.05, 3.63) is 0 Å². The molecule has 0 aromatic carbocycles. The second kappa shape index (κ2) is 8.97. The zero-order chi connectivity index (χ0) is 10.8. The highest BCUT2D eigenvalue weighted by molar-refractivity contribution is 5.70. The van der Waals surface area contributed by atoms with Crippen LogP contribution in [0.2, 0.25) is 0 Å². The number of carbonyl (C=O) groups excluding carboxylic acids is 1. The minimum absolute atomic E-state index is 0.0633. The molecule has 0 aliphatic rings. The van der Waals surface area contributed by atoms with Gasteiger partial charge in [0.25, 0.3) is 0 Å². The van der Waals surface area contributed by atoms with E-state index in [1.807, 2.05) is 7.05 Å². The maximum atomic E-state index is 10.9. The van der Waals surface area contributed by atoms with E-state index in [0.717, 1.165) is 19.5 Å². The first-order chi connectivity index (χ1) is 6.70. The first-order valence-corrected chi connectivity index (χ1v) is 5.12. The molecule has 0 aromatic rings. The Kier molecular flexibility index (Phi) is 8.57. The Morgan fingerprint density at radius 1 is 1.29 bits per heavy atom. The fourth-order valence-electron chi connectivity index (χ4n) is 1.07. The second-order valence-corrected chi connectivity index (χ2v) is 3.16. The highest BCUT2D eigenvalue weighted by Gasteiger charge is 2.01. The van der Waals surface area contributed by atoms with Crippen LogP contribution in [-0.2, 0) is 14.3 Å². The van der Waals surface area contributed by atoms with Gasteiger partial charge in [-0.3, -0.25) is 0 Å². The lowest BCUT2D eigenvalue weighted by atomic mass is 10.4. The van der Waals surface area contributed by atoms with Gasteiger partial charge in [0.2, 0.25) is 0 Å². The summed E-state index contributed by atoms with van der Waals surface area (Å²) in [6, 6.07) is 0. The molecule has 4 nitrogen and oxygen atoms in total. The van der Waals surface area contributed by atoms with E-state index in [4.69, 9.17) is 9.47 Å². The van der Waals surface area contributed by atoms with Crippen molar-refractivity contribution in [1.29, 1.82) is 0 Å². The van der Waals surface area contributed by atoms with Crippen LogP contribution in [0.4, 0.5) is 0 Å². The smallest absolute Gasteiger partial charge is 0.332 e. The van der Waals surface area contributed by atoms with Crippen molar-refractivity contribution >= 4 is 5.97 Å². The van der Waals surface area contributed by atoms with E-state index in [2.05, 4.69) is 11.8 Å². The average Bonchev–Trinajstić information content (AvgIpc) is 2.13. The highest BCUT2D eigenvalue weighted by atomic mass is 16.6. The van der Waals surface area contributed by atoms with E-state index in [9.17, 15) is 4.79 Å². The van der Waals surface area contributed by atoms with Crippen LogP contribution in [0.15, 0.2) is 0 Å². The molecule has 84 valence electrons. The highest BCUT2D eigenvalue weighted by Crippen LogP contribution is 1.87. The van der Waals surface area contributed by atoms with Crippen molar-refractivity contribution in [2.45, 2.75) is 20.3 Å². The van der Waals surface area contributed by atoms with Crippen molar-refractivity contribution < 1.29 is 14.3 Å². The van der Waals surface area contributed by atoms with Gasteiger partial charge in [-0.2, -0.15) is 0 Å². The number of hydrogen-bond donors (Lipinski definition) is 0. The Labute approximate surface area is 86.2 Å². The molecule has 0 unspecified atom stereocenters. The number of esters is 1. The Hall–Kier alpha value is -0.610. The van der Waals surface area contributed by atoms with Crippen LogP contribution in [0.1, 0.15) is 20.3 Å². The molecule has 0 amide bonds. The molecule has 0 aliphatic carbocycles. The molecule has 0 atom stereocenters. The van der Waals surface area contributed by atoms with Crippen molar-refractivity contribution in [3.8, 4) is 0 Å². The van der Waals surface area contributed by atoms with Gasteiger partial charge in [0, 0.05) is 6.54 Å². The summed E-state index contributed by atoms with van der Waals surface area (Å²) in [6.45, 7) is 6.89. The second-order valence-electron chi connectivity index (χ2n) is 3.16. The van der Waals surface area contributed by atoms with Crippen LogP contribution in [0.5, 0.6) is 0 Å². The third-order valence-electron chi connectivity index (χ3n) is 1.75. The minimum Gasteiger partial charge on any atom is -0.464 e. The monoisotopic (exact) mass is 203 g/mol. The topological polar surface area (TPSA) is 38.8 Å². The van der Waals surface area contributed by atoms with Gasteiger partial charge in [-0.1, -0.05) is 6.92 Å². The Morgan fingerprint density at radius 3 is 2.57 bits per heavy atom. The molecule has 0 radical (unpaired) electrons. The molecule has 0 heterocycles. The summed E-state index contributed by atoms with van der Waals surface area (Å²) in [4.78, 5) is 13.0. The molecule has 0 aromatic heterocycles. The minimum atomic E-state index is -0.286. The van der Waals surface area contributed by atoms with E-state index in [1.165, 1.54) is 0 Å². The fraction of sp³-hybridized carbons (Fsp3) is 0.900. The molecule has 0 aliphatic heterocycles. The molecule has 0 rings (SSSR count). The van der Waals surface area contributed by atoms with Gasteiger partial charge in [-0.25, -0.2) is 4.79 Å². The van der Waals surface area contributed by atoms with Gasteiger partial charge >= 0.3 is 5.97 Å². The standard InChI is InChI=1S/C10H21NO3/c1-4-6-11(3)7-8-13-9-10(12)14-5-2/h4-9H2,1-3H3. The van der Waals surface area contributed by atoms with Gasteiger partial charge in [0.15, 0.2) is 0 Å². The molecule has 4 heteroatoms. The van der Waals surface area contributed by atoms with E-state index in [-0.39, 0.29) is 12.6 Å². The first-order valence-electron chi connectivity index (χ1n) is 5.12. The average molecular weight is 203 g/mol. The van der Waals surface area contributed by atoms with Crippen LogP contribution >= 0.6 is 0 Å². The molecule has 0 fully saturated rings. The summed E-state index contributed by atoms with van der Waals surface area (Å²) < 4.78 is 9.87. The number of hydrogen-bond acceptors (Lipinski definition) is 4. The van der Waals surface area contributed by atoms with Crippen LogP contribution in [0, 0.1) is 0 Å². The van der Waals surface area contributed by atoms with E-state index in [0.29, 0.717) is 13.2 Å². The fourth-order valence-corrected chi connectivity index (χ4v) is 1.07. The number of rotatable bonds is 8. The van der Waals surface area contributed by atoms with Crippen LogP contribution in [0.3, 0.4) is 0 Å². The van der Waals surface area contributed by atoms with Crippen LogP contribution in [0.25, 0.3) is 0 Å². The maximum absolute atomic E-state index is 10.9. The molecular formula is C10H21NO3. The van der Waals surface area contributed by atoms with Crippen LogP contribution in [-0.4, -0.2) is 50.8 Å². The molecule has 0 spiro atoms. The number of likely N-dealkylation sites (N-methyl/N-ethyl adjacent to an activating group) is 1. The molecular weight excluding hydrogens is 182 g/mol. The van der Waals surface area contributed by atoms with Gasteiger partial charge in [0.05, 0.1) is 13.2 Å². The van der Waals surface area contributed by atoms with E-state index >= 15 is 0 Å². The maximum Gasteiger partial charge on any atom is 0.332 e. The van der Waals surface area contributed by atoms with Crippen molar-refractivity contribution in [3.63, 3.8) is 0 Å². The SMILES string of the molecule is CCCN(C)CCOCC(=O)OCC. The van der Waals surface area contributed by atoms with Gasteiger partial charge < -0.3 is 14.4 Å². The summed E-state index contributed by atoms with van der Waals surface area (Å²) in [5.74, 6) is -0.286. The largest absolute Gasteiger partial charge is 0.464 e. The summed E-state index contributed by atoms with van der Waals surface area (Å²) in [5, 5.41) is 0. The third-order valence-corrected chi connectivity index (χ3v) is 1.75. The predicted molar refractivity (Wildman–Crippen MR) is 55.2 cm³/mol. The third kappa shape index (κ3) is 8.01. The number of ether oxygens (including phenoxy) is 2. The van der Waals surface area contributed by atoms with Crippen molar-refractivity contribution in [1.82, 2.24) is 4.90 Å². The number of nitrogens with zero attached hydrogens (tertiary/aromatic N) is 1. The molecule has 0 saturated carbocycles. The quantitative estimate of drug-likeness (QED) is 0.434. The zero-order valence-electron chi connectivity index (χ0n) is 9.41. The van der Waals surface area contributed by atoms with Gasteiger partial charge in [-0.05, 0) is 26.9 Å². The normalized spacial score (nSPS) is 10.6. The van der Waals surface area contributed by atoms with Crippen molar-refractivity contribution in [2.75, 3.05) is 40.0 Å². The Morgan fingerprint density at radius 2 is 2.00 bits per heavy atom. The van der Waals surface area contributed by atoms with E-state index < -0.39 is 0 Å². The summed E-state index contributed by atoms with van der Waals surface area (Å²) >= 11 is 0.